The summed E-state index contributed by atoms with van der Waals surface area (Å²) in [6.07, 6.45) is 10.8. The van der Waals surface area contributed by atoms with Crippen LogP contribution in [0, 0.1) is 0 Å². The van der Waals surface area contributed by atoms with Gasteiger partial charge in [0.2, 0.25) is 0 Å². The molecule has 170 valence electrons. The third kappa shape index (κ3) is 9.08. The maximum Gasteiger partial charge on any atom is 0.150 e. The van der Waals surface area contributed by atoms with E-state index in [1.54, 1.807) is 6.07 Å². The van der Waals surface area contributed by atoms with Gasteiger partial charge in [-0.15, -0.1) is 4.33 Å². The SMILES string of the molecule is O=Cc1cccc(/C=C/c2ccc(/C=C/c3ccc(OCCCCSOOO)cc3)cc2)c1. The van der Waals surface area contributed by atoms with Crippen LogP contribution in [0.25, 0.3) is 24.3 Å². The van der Waals surface area contributed by atoms with Gasteiger partial charge in [0.05, 0.1) is 6.61 Å². The zero-order chi connectivity index (χ0) is 23.1. The molecule has 0 aliphatic heterocycles. The molecule has 0 heterocycles. The summed E-state index contributed by atoms with van der Waals surface area (Å²) in [5.41, 5.74) is 4.98. The first-order chi connectivity index (χ1) is 16.3. The van der Waals surface area contributed by atoms with Gasteiger partial charge in [-0.3, -0.25) is 4.79 Å². The topological polar surface area (TPSA) is 65.0 Å². The van der Waals surface area contributed by atoms with Crippen molar-refractivity contribution in [2.75, 3.05) is 12.4 Å². The Morgan fingerprint density at radius 2 is 1.30 bits per heavy atom. The molecule has 0 fully saturated rings. The van der Waals surface area contributed by atoms with E-state index in [0.717, 1.165) is 64.9 Å². The first-order valence-electron chi connectivity index (χ1n) is 10.6. The van der Waals surface area contributed by atoms with Gasteiger partial charge < -0.3 is 4.74 Å². The second-order valence-electron chi connectivity index (χ2n) is 7.21. The van der Waals surface area contributed by atoms with Gasteiger partial charge in [-0.1, -0.05) is 83.9 Å². The third-order valence-electron chi connectivity index (χ3n) is 4.77. The van der Waals surface area contributed by atoms with Gasteiger partial charge in [0.25, 0.3) is 0 Å². The number of hydrogen-bond acceptors (Lipinski definition) is 6. The van der Waals surface area contributed by atoms with Crippen LogP contribution < -0.4 is 4.74 Å². The Hall–Kier alpha value is -3.16. The fourth-order valence-corrected chi connectivity index (χ4v) is 3.46. The van der Waals surface area contributed by atoms with Gasteiger partial charge in [-0.25, -0.2) is 5.26 Å². The molecule has 0 saturated heterocycles. The lowest BCUT2D eigenvalue weighted by Gasteiger charge is -2.06. The number of carbonyl (C=O) groups excluding carboxylic acids is 1. The molecule has 3 rings (SSSR count). The zero-order valence-electron chi connectivity index (χ0n) is 18.1. The van der Waals surface area contributed by atoms with Crippen LogP contribution in [0.1, 0.15) is 45.5 Å². The van der Waals surface area contributed by atoms with E-state index in [2.05, 4.69) is 45.8 Å². The fourth-order valence-electron chi connectivity index (χ4n) is 3.02. The molecule has 0 atom stereocenters. The normalized spacial score (nSPS) is 11.3. The van der Waals surface area contributed by atoms with Crippen LogP contribution in [0.3, 0.4) is 0 Å². The Morgan fingerprint density at radius 3 is 1.91 bits per heavy atom. The highest BCUT2D eigenvalue weighted by atomic mass is 32.2. The molecule has 33 heavy (non-hydrogen) atoms. The van der Waals surface area contributed by atoms with Crippen LogP contribution in [0.15, 0.2) is 72.8 Å². The molecular formula is C27H26O5S. The summed E-state index contributed by atoms with van der Waals surface area (Å²) in [5.74, 6) is 1.56. The number of rotatable bonds is 13. The molecule has 3 aromatic rings. The molecule has 5 nitrogen and oxygen atoms in total. The molecular weight excluding hydrogens is 436 g/mol. The minimum Gasteiger partial charge on any atom is -0.494 e. The van der Waals surface area contributed by atoms with E-state index < -0.39 is 0 Å². The van der Waals surface area contributed by atoms with Crippen LogP contribution >= 0.6 is 12.0 Å². The van der Waals surface area contributed by atoms with E-state index in [9.17, 15) is 4.79 Å². The van der Waals surface area contributed by atoms with Crippen LogP contribution in [-0.4, -0.2) is 23.9 Å². The lowest BCUT2D eigenvalue weighted by Crippen LogP contribution is -1.98. The Labute approximate surface area is 198 Å². The summed E-state index contributed by atoms with van der Waals surface area (Å²) >= 11 is 1.06. The fraction of sp³-hybridized carbons (Fsp3) is 0.148. The number of benzene rings is 3. The predicted octanol–water partition coefficient (Wildman–Crippen LogP) is 7.07. The van der Waals surface area contributed by atoms with Crippen LogP contribution in [0.4, 0.5) is 0 Å². The van der Waals surface area contributed by atoms with Gasteiger partial charge in [-0.2, -0.15) is 0 Å². The van der Waals surface area contributed by atoms with Gasteiger partial charge in [0, 0.05) is 23.4 Å². The summed E-state index contributed by atoms with van der Waals surface area (Å²) in [5, 5.41) is 11.6. The summed E-state index contributed by atoms with van der Waals surface area (Å²) in [7, 11) is 0. The number of hydrogen-bond donors (Lipinski definition) is 1. The van der Waals surface area contributed by atoms with Crippen molar-refractivity contribution in [3.63, 3.8) is 0 Å². The molecule has 3 aromatic carbocycles. The molecule has 0 aliphatic rings. The Morgan fingerprint density at radius 1 is 0.727 bits per heavy atom. The first kappa shape index (κ1) is 24.5. The van der Waals surface area contributed by atoms with Crippen LogP contribution in [-0.2, 0) is 9.37 Å². The summed E-state index contributed by atoms with van der Waals surface area (Å²) in [4.78, 5) is 10.9. The summed E-state index contributed by atoms with van der Waals surface area (Å²) < 4.78 is 10.1. The lowest BCUT2D eigenvalue weighted by atomic mass is 10.1. The molecule has 0 unspecified atom stereocenters. The molecule has 0 aliphatic carbocycles. The van der Waals surface area contributed by atoms with Crippen molar-refractivity contribution in [3.05, 3.63) is 101 Å². The predicted molar refractivity (Wildman–Crippen MR) is 135 cm³/mol. The van der Waals surface area contributed by atoms with Crippen molar-refractivity contribution in [3.8, 4) is 5.75 Å². The van der Waals surface area contributed by atoms with Crippen molar-refractivity contribution in [1.29, 1.82) is 0 Å². The van der Waals surface area contributed by atoms with E-state index in [0.29, 0.717) is 12.2 Å². The largest absolute Gasteiger partial charge is 0.494 e. The zero-order valence-corrected chi connectivity index (χ0v) is 18.9. The Balaban J connectivity index is 1.45. The lowest BCUT2D eigenvalue weighted by molar-refractivity contribution is -0.432. The smallest absolute Gasteiger partial charge is 0.150 e. The van der Waals surface area contributed by atoms with Crippen LogP contribution in [0.5, 0.6) is 5.75 Å². The van der Waals surface area contributed by atoms with Gasteiger partial charge >= 0.3 is 0 Å². The summed E-state index contributed by atoms with van der Waals surface area (Å²) in [6, 6.07) is 23.8. The van der Waals surface area contributed by atoms with Gasteiger partial charge in [0.15, 0.2) is 0 Å². The minimum atomic E-state index is 0.624. The molecule has 6 heteroatoms. The highest BCUT2D eigenvalue weighted by molar-refractivity contribution is 7.94. The average Bonchev–Trinajstić information content (AvgIpc) is 2.87. The standard InChI is InChI=1S/C27H26O5S/c28-21-26-5-3-4-25(20-26)13-12-23-8-6-22(7-9-23)10-11-24-14-16-27(17-15-24)30-18-1-2-19-33-32-31-29/h3-17,20-21,29H,1-2,18-19H2/b11-10+,13-12+. The minimum absolute atomic E-state index is 0.624. The van der Waals surface area contributed by atoms with E-state index in [1.165, 1.54) is 0 Å². The van der Waals surface area contributed by atoms with Crippen molar-refractivity contribution in [2.24, 2.45) is 0 Å². The Bertz CT molecular complexity index is 1040. The highest BCUT2D eigenvalue weighted by Gasteiger charge is 1.97. The van der Waals surface area contributed by atoms with E-state index in [4.69, 9.17) is 9.99 Å². The van der Waals surface area contributed by atoms with Gasteiger partial charge in [-0.05, 0) is 53.3 Å². The van der Waals surface area contributed by atoms with E-state index >= 15 is 0 Å². The molecule has 0 radical (unpaired) electrons. The molecule has 0 saturated carbocycles. The van der Waals surface area contributed by atoms with Gasteiger partial charge in [0.1, 0.15) is 12.0 Å². The second-order valence-corrected chi connectivity index (χ2v) is 7.99. The summed E-state index contributed by atoms with van der Waals surface area (Å²) in [6.45, 7) is 0.624. The molecule has 0 aromatic heterocycles. The third-order valence-corrected chi connectivity index (χ3v) is 5.38. The highest BCUT2D eigenvalue weighted by Crippen LogP contribution is 2.17. The van der Waals surface area contributed by atoms with E-state index in [1.807, 2.05) is 54.6 Å². The molecule has 0 spiro atoms. The van der Waals surface area contributed by atoms with Crippen molar-refractivity contribution >= 4 is 42.6 Å². The Kier molecular flexibility index (Phi) is 10.4. The van der Waals surface area contributed by atoms with Crippen LogP contribution in [0.2, 0.25) is 0 Å². The van der Waals surface area contributed by atoms with Crippen molar-refractivity contribution in [2.45, 2.75) is 12.8 Å². The maximum absolute atomic E-state index is 10.9. The van der Waals surface area contributed by atoms with Crippen molar-refractivity contribution in [1.82, 2.24) is 0 Å². The average molecular weight is 463 g/mol. The quantitative estimate of drug-likeness (QED) is 0.0732. The molecule has 1 N–H and O–H groups in total. The maximum atomic E-state index is 10.9. The number of unbranched alkanes of at least 4 members (excludes halogenated alkanes) is 1. The first-order valence-corrected chi connectivity index (χ1v) is 11.5. The number of aldehydes is 1. The second kappa shape index (κ2) is 14.1. The number of carbonyl (C=O) groups is 1. The number of ether oxygens (including phenoxy) is 1. The molecule has 0 bridgehead atoms. The molecule has 0 amide bonds. The van der Waals surface area contributed by atoms with Crippen molar-refractivity contribution < 1.29 is 24.2 Å². The van der Waals surface area contributed by atoms with E-state index in [-0.39, 0.29) is 0 Å². The monoisotopic (exact) mass is 462 g/mol.